The van der Waals surface area contributed by atoms with Crippen LogP contribution in [0.3, 0.4) is 0 Å². The van der Waals surface area contributed by atoms with Gasteiger partial charge in [0.15, 0.2) is 6.10 Å². The molecule has 1 N–H and O–H groups in total. The molecule has 0 radical (unpaired) electrons. The first-order valence-electron chi connectivity index (χ1n) is 9.95. The van der Waals surface area contributed by atoms with Crippen LogP contribution in [0.4, 0.5) is 0 Å². The Kier molecular flexibility index (Phi) is 6.77. The third kappa shape index (κ3) is 5.00. The molecule has 2 aromatic carbocycles. The predicted octanol–water partition coefficient (Wildman–Crippen LogP) is 3.89. The topological polar surface area (TPSA) is 77.8 Å². The number of hydrogen-bond acceptors (Lipinski definition) is 5. The van der Waals surface area contributed by atoms with Gasteiger partial charge in [0, 0.05) is 17.5 Å². The number of amides is 1. The summed E-state index contributed by atoms with van der Waals surface area (Å²) in [6, 6.07) is 11.6. The lowest BCUT2D eigenvalue weighted by atomic mass is 10.0. The minimum Gasteiger partial charge on any atom is -0.497 e. The summed E-state index contributed by atoms with van der Waals surface area (Å²) in [5.74, 6) is 0.00753. The molecule has 0 aliphatic heterocycles. The molecule has 0 fully saturated rings. The number of carbonyl (C=O) groups excluding carboxylic acids is 2. The highest BCUT2D eigenvalue weighted by atomic mass is 16.5. The Morgan fingerprint density at radius 1 is 1.10 bits per heavy atom. The summed E-state index contributed by atoms with van der Waals surface area (Å²) in [6.45, 7) is 6.03. The molecule has 0 aliphatic carbocycles. The van der Waals surface area contributed by atoms with Crippen LogP contribution >= 0.6 is 0 Å². The highest BCUT2D eigenvalue weighted by Crippen LogP contribution is 2.27. The Hall–Kier alpha value is -3.28. The van der Waals surface area contributed by atoms with Crippen molar-refractivity contribution >= 4 is 22.8 Å². The first kappa shape index (κ1) is 21.4. The third-order valence-electron chi connectivity index (χ3n) is 5.23. The molecule has 1 atom stereocenters. The van der Waals surface area contributed by atoms with Gasteiger partial charge < -0.3 is 19.2 Å². The van der Waals surface area contributed by atoms with Crippen molar-refractivity contribution in [2.45, 2.75) is 39.7 Å². The predicted molar refractivity (Wildman–Crippen MR) is 115 cm³/mol. The largest absolute Gasteiger partial charge is 0.497 e. The number of furan rings is 1. The van der Waals surface area contributed by atoms with Crippen molar-refractivity contribution in [3.05, 3.63) is 64.9 Å². The Labute approximate surface area is 176 Å². The number of hydrogen-bond donors (Lipinski definition) is 1. The van der Waals surface area contributed by atoms with Crippen molar-refractivity contribution in [1.29, 1.82) is 0 Å². The maximum Gasteiger partial charge on any atom is 0.311 e. The van der Waals surface area contributed by atoms with E-state index >= 15 is 0 Å². The zero-order valence-electron chi connectivity index (χ0n) is 17.8. The number of esters is 1. The van der Waals surface area contributed by atoms with E-state index in [2.05, 4.69) is 5.32 Å². The van der Waals surface area contributed by atoms with Crippen molar-refractivity contribution in [3.63, 3.8) is 0 Å². The number of methoxy groups -OCH3 is 1. The molecule has 6 nitrogen and oxygen atoms in total. The van der Waals surface area contributed by atoms with E-state index in [0.29, 0.717) is 13.0 Å². The maximum atomic E-state index is 12.3. The highest BCUT2D eigenvalue weighted by Gasteiger charge is 2.19. The standard InChI is InChI=1S/C24H27NO5/c1-15-5-10-21-19(14-29-23(21)16(15)2)13-22(26)30-17(3)24(27)25-12-11-18-6-8-20(28-4)9-7-18/h5-10,14,17H,11-13H2,1-4H3,(H,25,27)/t17-/m1/s1. The lowest BCUT2D eigenvalue weighted by molar-refractivity contribution is -0.154. The molecule has 0 bridgehead atoms. The van der Waals surface area contributed by atoms with Crippen LogP contribution in [0.2, 0.25) is 0 Å². The lowest BCUT2D eigenvalue weighted by Gasteiger charge is -2.13. The number of fused-ring (bicyclic) bond motifs is 1. The van der Waals surface area contributed by atoms with E-state index in [1.807, 2.05) is 50.2 Å². The molecular weight excluding hydrogens is 382 g/mol. The molecule has 6 heteroatoms. The molecule has 158 valence electrons. The first-order valence-corrected chi connectivity index (χ1v) is 9.95. The van der Waals surface area contributed by atoms with Crippen molar-refractivity contribution in [2.75, 3.05) is 13.7 Å². The fourth-order valence-corrected chi connectivity index (χ4v) is 3.24. The van der Waals surface area contributed by atoms with Gasteiger partial charge in [-0.2, -0.15) is 0 Å². The van der Waals surface area contributed by atoms with Crippen LogP contribution in [-0.2, 0) is 27.2 Å². The quantitative estimate of drug-likeness (QED) is 0.571. The Morgan fingerprint density at radius 3 is 2.53 bits per heavy atom. The Balaban J connectivity index is 1.48. The molecule has 1 aromatic heterocycles. The third-order valence-corrected chi connectivity index (χ3v) is 5.23. The van der Waals surface area contributed by atoms with Crippen molar-refractivity contribution in [2.24, 2.45) is 0 Å². The molecule has 3 rings (SSSR count). The number of nitrogens with one attached hydrogen (secondary N) is 1. The van der Waals surface area contributed by atoms with E-state index in [1.54, 1.807) is 20.3 Å². The summed E-state index contributed by atoms with van der Waals surface area (Å²) in [7, 11) is 1.62. The van der Waals surface area contributed by atoms with Gasteiger partial charge >= 0.3 is 5.97 Å². The molecule has 1 heterocycles. The van der Waals surface area contributed by atoms with E-state index in [4.69, 9.17) is 13.9 Å². The van der Waals surface area contributed by atoms with Crippen LogP contribution in [0.5, 0.6) is 5.75 Å². The van der Waals surface area contributed by atoms with Crippen molar-refractivity contribution in [1.82, 2.24) is 5.32 Å². The van der Waals surface area contributed by atoms with Crippen LogP contribution in [0.1, 0.15) is 29.2 Å². The molecule has 0 unspecified atom stereocenters. The van der Waals surface area contributed by atoms with E-state index in [0.717, 1.165) is 39.0 Å². The van der Waals surface area contributed by atoms with Gasteiger partial charge in [-0.1, -0.05) is 24.3 Å². The number of ether oxygens (including phenoxy) is 2. The van der Waals surface area contributed by atoms with Crippen LogP contribution in [0, 0.1) is 13.8 Å². The van der Waals surface area contributed by atoms with Crippen LogP contribution in [0.15, 0.2) is 47.1 Å². The second kappa shape index (κ2) is 9.48. The van der Waals surface area contributed by atoms with Crippen LogP contribution in [-0.4, -0.2) is 31.6 Å². The number of aryl methyl sites for hydroxylation is 2. The molecule has 0 aliphatic rings. The molecule has 0 saturated heterocycles. The fraction of sp³-hybridized carbons (Fsp3) is 0.333. The van der Waals surface area contributed by atoms with Gasteiger partial charge in [0.1, 0.15) is 11.3 Å². The second-order valence-corrected chi connectivity index (χ2v) is 7.34. The Bertz CT molecular complexity index is 1040. The minimum atomic E-state index is -0.865. The number of benzene rings is 2. The zero-order valence-corrected chi connectivity index (χ0v) is 17.8. The van der Waals surface area contributed by atoms with E-state index in [-0.39, 0.29) is 12.3 Å². The summed E-state index contributed by atoms with van der Waals surface area (Å²) in [5.41, 5.74) is 4.80. The lowest BCUT2D eigenvalue weighted by Crippen LogP contribution is -2.37. The fourth-order valence-electron chi connectivity index (χ4n) is 3.24. The van der Waals surface area contributed by atoms with Gasteiger partial charge in [-0.3, -0.25) is 9.59 Å². The Morgan fingerprint density at radius 2 is 1.83 bits per heavy atom. The molecule has 3 aromatic rings. The zero-order chi connectivity index (χ0) is 21.7. The van der Waals surface area contributed by atoms with E-state index in [1.165, 1.54) is 0 Å². The monoisotopic (exact) mass is 409 g/mol. The van der Waals surface area contributed by atoms with Gasteiger partial charge in [-0.05, 0) is 56.0 Å². The number of rotatable bonds is 8. The average Bonchev–Trinajstić information content (AvgIpc) is 3.14. The van der Waals surface area contributed by atoms with Gasteiger partial charge in [-0.25, -0.2) is 0 Å². The summed E-state index contributed by atoms with van der Waals surface area (Å²) in [4.78, 5) is 24.6. The minimum absolute atomic E-state index is 0.0545. The normalized spacial score (nSPS) is 11.9. The van der Waals surface area contributed by atoms with E-state index < -0.39 is 12.1 Å². The summed E-state index contributed by atoms with van der Waals surface area (Å²) in [5, 5.41) is 3.70. The average molecular weight is 409 g/mol. The summed E-state index contributed by atoms with van der Waals surface area (Å²) >= 11 is 0. The SMILES string of the molecule is COc1ccc(CCNC(=O)[C@@H](C)OC(=O)Cc2coc3c(C)c(C)ccc23)cc1. The van der Waals surface area contributed by atoms with Gasteiger partial charge in [0.05, 0.1) is 19.8 Å². The van der Waals surface area contributed by atoms with E-state index in [9.17, 15) is 9.59 Å². The van der Waals surface area contributed by atoms with Crippen molar-refractivity contribution in [3.8, 4) is 5.75 Å². The summed E-state index contributed by atoms with van der Waals surface area (Å²) in [6.07, 6.45) is 1.45. The first-order chi connectivity index (χ1) is 14.4. The van der Waals surface area contributed by atoms with Crippen LogP contribution in [0.25, 0.3) is 11.0 Å². The van der Waals surface area contributed by atoms with Gasteiger partial charge in [0.25, 0.3) is 5.91 Å². The van der Waals surface area contributed by atoms with Gasteiger partial charge in [-0.15, -0.1) is 0 Å². The molecule has 30 heavy (non-hydrogen) atoms. The van der Waals surface area contributed by atoms with Crippen molar-refractivity contribution < 1.29 is 23.5 Å². The number of carbonyl (C=O) groups is 2. The highest BCUT2D eigenvalue weighted by molar-refractivity contribution is 5.89. The molecule has 0 saturated carbocycles. The smallest absolute Gasteiger partial charge is 0.311 e. The van der Waals surface area contributed by atoms with Crippen LogP contribution < -0.4 is 10.1 Å². The molecule has 1 amide bonds. The van der Waals surface area contributed by atoms with Gasteiger partial charge in [0.2, 0.25) is 0 Å². The summed E-state index contributed by atoms with van der Waals surface area (Å²) < 4.78 is 16.1. The molecule has 0 spiro atoms. The second-order valence-electron chi connectivity index (χ2n) is 7.34. The maximum absolute atomic E-state index is 12.3. The molecular formula is C24H27NO5.